The molecule has 0 radical (unpaired) electrons. The topological polar surface area (TPSA) is 69.8 Å². The van der Waals surface area contributed by atoms with E-state index in [4.69, 9.17) is 0 Å². The van der Waals surface area contributed by atoms with Crippen molar-refractivity contribution >= 4 is 18.3 Å². The molecule has 0 saturated heterocycles. The molecular weight excluding hydrogens is 372 g/mol. The molecule has 146 valence electrons. The summed E-state index contributed by atoms with van der Waals surface area (Å²) in [6.45, 7) is 3.65. The number of rotatable bonds is 5. The molecule has 0 spiro atoms. The Morgan fingerprint density at radius 2 is 1.64 bits per heavy atom. The highest BCUT2D eigenvalue weighted by molar-refractivity contribution is 5.94. The maximum absolute atomic E-state index is 12.9. The van der Waals surface area contributed by atoms with Crippen molar-refractivity contribution in [1.29, 1.82) is 0 Å². The van der Waals surface area contributed by atoms with Gasteiger partial charge in [-0.2, -0.15) is 5.10 Å². The van der Waals surface area contributed by atoms with Crippen molar-refractivity contribution < 1.29 is 4.79 Å². The normalized spacial score (nSPS) is 14.1. The van der Waals surface area contributed by atoms with Crippen LogP contribution in [0.1, 0.15) is 45.7 Å². The minimum Gasteiger partial charge on any atom is -0.347 e. The third-order valence-electron chi connectivity index (χ3n) is 5.20. The van der Waals surface area contributed by atoms with Gasteiger partial charge in [0.05, 0.1) is 0 Å². The van der Waals surface area contributed by atoms with Crippen molar-refractivity contribution in [2.45, 2.75) is 31.8 Å². The first-order valence-corrected chi connectivity index (χ1v) is 9.41. The Balaban J connectivity index is 0.00000225. The van der Waals surface area contributed by atoms with Gasteiger partial charge in [0.2, 0.25) is 0 Å². The molecule has 0 bridgehead atoms. The third kappa shape index (κ3) is 4.11. The first-order valence-electron chi connectivity index (χ1n) is 9.41. The lowest BCUT2D eigenvalue weighted by Gasteiger charge is -2.26. The van der Waals surface area contributed by atoms with E-state index in [1.54, 1.807) is 0 Å². The van der Waals surface area contributed by atoms with Crippen molar-refractivity contribution in [3.8, 4) is 0 Å². The molecule has 1 aliphatic rings. The number of carbonyl (C=O) groups is 1. The molecule has 1 amide bonds. The zero-order valence-corrected chi connectivity index (χ0v) is 16.6. The van der Waals surface area contributed by atoms with Crippen molar-refractivity contribution in [2.75, 3.05) is 6.54 Å². The van der Waals surface area contributed by atoms with Crippen LogP contribution in [0.5, 0.6) is 0 Å². The van der Waals surface area contributed by atoms with Gasteiger partial charge in [-0.05, 0) is 18.1 Å². The number of aromatic nitrogens is 2. The zero-order chi connectivity index (χ0) is 18.6. The first-order chi connectivity index (χ1) is 13.2. The second kappa shape index (κ2) is 9.04. The Bertz CT molecular complexity index is 871. The second-order valence-corrected chi connectivity index (χ2v) is 7.02. The molecule has 5 nitrogen and oxygen atoms in total. The Morgan fingerprint density at radius 1 is 1.04 bits per heavy atom. The fourth-order valence-electron chi connectivity index (χ4n) is 3.86. The molecule has 1 aliphatic heterocycles. The number of fused-ring (bicyclic) bond motifs is 1. The van der Waals surface area contributed by atoms with E-state index in [2.05, 4.69) is 52.0 Å². The van der Waals surface area contributed by atoms with E-state index in [1.165, 1.54) is 11.1 Å². The number of benzene rings is 2. The molecule has 0 aliphatic carbocycles. The molecular formula is C22H25ClN4O. The lowest BCUT2D eigenvalue weighted by atomic mass is 9.85. The van der Waals surface area contributed by atoms with Gasteiger partial charge in [-0.3, -0.25) is 9.89 Å². The Labute approximate surface area is 171 Å². The molecule has 2 heterocycles. The Kier molecular flexibility index (Phi) is 6.49. The summed E-state index contributed by atoms with van der Waals surface area (Å²) in [6, 6.07) is 20.5. The van der Waals surface area contributed by atoms with Crippen LogP contribution in [0.4, 0.5) is 0 Å². The van der Waals surface area contributed by atoms with Crippen LogP contribution in [0.2, 0.25) is 0 Å². The fourth-order valence-corrected chi connectivity index (χ4v) is 3.86. The minimum absolute atomic E-state index is 0. The third-order valence-corrected chi connectivity index (χ3v) is 5.20. The number of amides is 1. The van der Waals surface area contributed by atoms with Gasteiger partial charge in [0, 0.05) is 42.7 Å². The number of halogens is 1. The number of H-pyrrole nitrogens is 1. The maximum Gasteiger partial charge on any atom is 0.272 e. The molecule has 1 unspecified atom stereocenters. The quantitative estimate of drug-likeness (QED) is 0.618. The Hall–Kier alpha value is -2.63. The summed E-state index contributed by atoms with van der Waals surface area (Å²) >= 11 is 0. The van der Waals surface area contributed by atoms with Crippen LogP contribution >= 0.6 is 12.4 Å². The highest BCUT2D eigenvalue weighted by atomic mass is 35.5. The summed E-state index contributed by atoms with van der Waals surface area (Å²) in [7, 11) is 0. The van der Waals surface area contributed by atoms with Gasteiger partial charge in [-0.25, -0.2) is 0 Å². The summed E-state index contributed by atoms with van der Waals surface area (Å²) in [5.41, 5.74) is 4.92. The van der Waals surface area contributed by atoms with Crippen LogP contribution in [0.25, 0.3) is 0 Å². The van der Waals surface area contributed by atoms with Crippen LogP contribution in [-0.4, -0.2) is 28.7 Å². The minimum atomic E-state index is -0.124. The second-order valence-electron chi connectivity index (χ2n) is 7.02. The van der Waals surface area contributed by atoms with Gasteiger partial charge < -0.3 is 10.6 Å². The van der Waals surface area contributed by atoms with E-state index in [0.29, 0.717) is 12.2 Å². The summed E-state index contributed by atoms with van der Waals surface area (Å²) in [5, 5.41) is 13.8. The maximum atomic E-state index is 12.9. The number of nitrogens with one attached hydrogen (secondary N) is 3. The fraction of sp³-hybridized carbons (Fsp3) is 0.273. The number of aromatic amines is 1. The van der Waals surface area contributed by atoms with Gasteiger partial charge in [-0.15, -0.1) is 12.4 Å². The Morgan fingerprint density at radius 3 is 2.25 bits per heavy atom. The van der Waals surface area contributed by atoms with Crippen molar-refractivity contribution in [1.82, 2.24) is 20.8 Å². The van der Waals surface area contributed by atoms with Crippen molar-refractivity contribution in [3.63, 3.8) is 0 Å². The summed E-state index contributed by atoms with van der Waals surface area (Å²) in [6.07, 6.45) is 0.877. The molecule has 6 heteroatoms. The monoisotopic (exact) mass is 396 g/mol. The van der Waals surface area contributed by atoms with Crippen LogP contribution in [0.15, 0.2) is 60.7 Å². The number of carbonyl (C=O) groups excluding carboxylic acids is 1. The van der Waals surface area contributed by atoms with E-state index in [1.807, 2.05) is 36.4 Å². The predicted molar refractivity (Wildman–Crippen MR) is 113 cm³/mol. The van der Waals surface area contributed by atoms with E-state index >= 15 is 0 Å². The summed E-state index contributed by atoms with van der Waals surface area (Å²) in [5.74, 6) is -0.0511. The van der Waals surface area contributed by atoms with Gasteiger partial charge in [-0.1, -0.05) is 60.7 Å². The average molecular weight is 397 g/mol. The highest BCUT2D eigenvalue weighted by Crippen LogP contribution is 2.28. The molecule has 28 heavy (non-hydrogen) atoms. The molecule has 3 N–H and O–H groups in total. The van der Waals surface area contributed by atoms with Gasteiger partial charge >= 0.3 is 0 Å². The smallest absolute Gasteiger partial charge is 0.272 e. The van der Waals surface area contributed by atoms with Crippen LogP contribution in [0.3, 0.4) is 0 Å². The van der Waals surface area contributed by atoms with Crippen LogP contribution in [-0.2, 0) is 13.0 Å². The number of hydrogen-bond donors (Lipinski definition) is 3. The van der Waals surface area contributed by atoms with Crippen LogP contribution in [0, 0.1) is 0 Å². The zero-order valence-electron chi connectivity index (χ0n) is 15.8. The highest BCUT2D eigenvalue weighted by Gasteiger charge is 2.26. The summed E-state index contributed by atoms with van der Waals surface area (Å²) < 4.78 is 0. The van der Waals surface area contributed by atoms with Gasteiger partial charge in [0.15, 0.2) is 5.69 Å². The van der Waals surface area contributed by atoms with E-state index in [9.17, 15) is 4.79 Å². The SMILES string of the molecule is CC(NC(=O)c1n[nH]c2c1CNCC2)C(c1ccccc1)c1ccccc1.Cl. The summed E-state index contributed by atoms with van der Waals surface area (Å²) in [4.78, 5) is 12.9. The van der Waals surface area contributed by atoms with E-state index in [-0.39, 0.29) is 30.3 Å². The molecule has 3 aromatic rings. The lowest BCUT2D eigenvalue weighted by molar-refractivity contribution is 0.0930. The van der Waals surface area contributed by atoms with Gasteiger partial charge in [0.25, 0.3) is 5.91 Å². The van der Waals surface area contributed by atoms with Crippen LogP contribution < -0.4 is 10.6 Å². The molecule has 0 fully saturated rings. The average Bonchev–Trinajstić information content (AvgIpc) is 3.14. The molecule has 0 saturated carbocycles. The van der Waals surface area contributed by atoms with E-state index in [0.717, 1.165) is 24.2 Å². The van der Waals surface area contributed by atoms with Crippen molar-refractivity contribution in [2.24, 2.45) is 0 Å². The number of hydrogen-bond acceptors (Lipinski definition) is 3. The van der Waals surface area contributed by atoms with Gasteiger partial charge in [0.1, 0.15) is 0 Å². The molecule has 1 aromatic heterocycles. The molecule has 4 rings (SSSR count). The molecule has 2 aromatic carbocycles. The first kappa shape index (κ1) is 20.1. The molecule has 1 atom stereocenters. The predicted octanol–water partition coefficient (Wildman–Crippen LogP) is 3.43. The lowest BCUT2D eigenvalue weighted by Crippen LogP contribution is -2.38. The largest absolute Gasteiger partial charge is 0.347 e. The standard InChI is InChI=1S/C22H24N4O.ClH/c1-15(24-22(27)21-18-14-23-13-12-19(18)25-26-21)20(16-8-4-2-5-9-16)17-10-6-3-7-11-17;/h2-11,15,20,23H,12-14H2,1H3,(H,24,27)(H,25,26);1H. The van der Waals surface area contributed by atoms with E-state index < -0.39 is 0 Å². The number of nitrogens with zero attached hydrogens (tertiary/aromatic N) is 1. The van der Waals surface area contributed by atoms with Crippen molar-refractivity contribution in [3.05, 3.63) is 88.7 Å².